The molecule has 0 aromatic rings. The number of nitrogens with zero attached hydrogens (tertiary/aromatic N) is 2. The Labute approximate surface area is 152 Å². The Morgan fingerprint density at radius 2 is 2.00 bits per heavy atom. The number of aliphatic imine (C=N–C) groups is 1. The van der Waals surface area contributed by atoms with Crippen molar-refractivity contribution in [3.8, 4) is 0 Å². The molecule has 0 spiro atoms. The van der Waals surface area contributed by atoms with Gasteiger partial charge in [0.1, 0.15) is 0 Å². The van der Waals surface area contributed by atoms with Gasteiger partial charge in [0.05, 0.1) is 12.2 Å². The van der Waals surface area contributed by atoms with Crippen molar-refractivity contribution in [3.05, 3.63) is 0 Å². The van der Waals surface area contributed by atoms with Crippen LogP contribution in [-0.4, -0.2) is 69.0 Å². The maximum Gasteiger partial charge on any atom is 0.188 e. The molecule has 2 unspecified atom stereocenters. The maximum absolute atomic E-state index is 5.82. The van der Waals surface area contributed by atoms with Crippen LogP contribution in [0.15, 0.2) is 4.99 Å². The highest BCUT2D eigenvalue weighted by Crippen LogP contribution is 2.10. The molecule has 1 fully saturated rings. The number of nitrogens with one attached hydrogen (secondary N) is 1. The van der Waals surface area contributed by atoms with Crippen molar-refractivity contribution >= 4 is 29.9 Å². The van der Waals surface area contributed by atoms with Crippen LogP contribution in [0.1, 0.15) is 33.6 Å². The van der Waals surface area contributed by atoms with E-state index in [9.17, 15) is 0 Å². The lowest BCUT2D eigenvalue weighted by atomic mass is 10.2. The zero-order valence-electron chi connectivity index (χ0n) is 14.2. The second-order valence-corrected chi connectivity index (χ2v) is 5.61. The molecule has 1 aliphatic heterocycles. The number of nitrogens with two attached hydrogens (primary N) is 1. The highest BCUT2D eigenvalue weighted by molar-refractivity contribution is 14.0. The second kappa shape index (κ2) is 13.3. The minimum absolute atomic E-state index is 0. The van der Waals surface area contributed by atoms with Crippen LogP contribution in [0.3, 0.4) is 0 Å². The van der Waals surface area contributed by atoms with Crippen molar-refractivity contribution in [1.29, 1.82) is 0 Å². The molecule has 0 amide bonds. The smallest absolute Gasteiger partial charge is 0.188 e. The van der Waals surface area contributed by atoms with E-state index in [1.54, 1.807) is 0 Å². The summed E-state index contributed by atoms with van der Waals surface area (Å²) in [7, 11) is 0. The number of hydrogen-bond donors (Lipinski definition) is 2. The Morgan fingerprint density at radius 1 is 1.32 bits per heavy atom. The van der Waals surface area contributed by atoms with Gasteiger partial charge in [-0.15, -0.1) is 24.0 Å². The lowest BCUT2D eigenvalue weighted by Gasteiger charge is -2.35. The molecule has 22 heavy (non-hydrogen) atoms. The SMILES string of the molecule is CCOCCCN=C(N)NCCCN1CC(C)OC(C)C1.I. The topological polar surface area (TPSA) is 72.1 Å². The number of guanidine groups is 1. The summed E-state index contributed by atoms with van der Waals surface area (Å²) in [5.74, 6) is 0.537. The molecule has 0 radical (unpaired) electrons. The molecule has 7 heteroatoms. The van der Waals surface area contributed by atoms with Crippen molar-refractivity contribution in [1.82, 2.24) is 10.2 Å². The molecule has 0 aromatic heterocycles. The van der Waals surface area contributed by atoms with E-state index in [0.717, 1.165) is 58.8 Å². The Kier molecular flexibility index (Phi) is 13.3. The first-order chi connectivity index (χ1) is 10.1. The fraction of sp³-hybridized carbons (Fsp3) is 0.933. The summed E-state index contributed by atoms with van der Waals surface area (Å²) in [6.07, 6.45) is 2.64. The zero-order valence-corrected chi connectivity index (χ0v) is 16.5. The fourth-order valence-corrected chi connectivity index (χ4v) is 2.55. The molecule has 0 saturated carbocycles. The van der Waals surface area contributed by atoms with Gasteiger partial charge in [0.2, 0.25) is 0 Å². The van der Waals surface area contributed by atoms with Crippen LogP contribution in [-0.2, 0) is 9.47 Å². The fourth-order valence-electron chi connectivity index (χ4n) is 2.55. The summed E-state index contributed by atoms with van der Waals surface area (Å²) in [4.78, 5) is 6.73. The predicted molar refractivity (Wildman–Crippen MR) is 102 cm³/mol. The van der Waals surface area contributed by atoms with Crippen LogP contribution in [0.4, 0.5) is 0 Å². The van der Waals surface area contributed by atoms with Crippen molar-refractivity contribution < 1.29 is 9.47 Å². The molecule has 3 N–H and O–H groups in total. The van der Waals surface area contributed by atoms with Crippen molar-refractivity contribution in [2.24, 2.45) is 10.7 Å². The number of hydrogen-bond acceptors (Lipinski definition) is 4. The number of rotatable bonds is 9. The largest absolute Gasteiger partial charge is 0.382 e. The van der Waals surface area contributed by atoms with Crippen LogP contribution < -0.4 is 11.1 Å². The van der Waals surface area contributed by atoms with E-state index >= 15 is 0 Å². The third kappa shape index (κ3) is 10.6. The Hall–Kier alpha value is -0.120. The quantitative estimate of drug-likeness (QED) is 0.252. The Balaban J connectivity index is 0.00000441. The first-order valence-electron chi connectivity index (χ1n) is 8.11. The van der Waals surface area contributed by atoms with Gasteiger partial charge < -0.3 is 20.5 Å². The average molecular weight is 428 g/mol. The standard InChI is InChI=1S/C15H32N4O2.HI/c1-4-20-10-6-8-18-15(16)17-7-5-9-19-11-13(2)21-14(3)12-19;/h13-14H,4-12H2,1-3H3,(H3,16,17,18);1H. The predicted octanol–water partition coefficient (Wildman–Crippen LogP) is 1.43. The molecule has 6 nitrogen and oxygen atoms in total. The molecule has 1 saturated heterocycles. The van der Waals surface area contributed by atoms with Gasteiger partial charge in [-0.3, -0.25) is 9.89 Å². The average Bonchev–Trinajstić information content (AvgIpc) is 2.42. The number of morpholine rings is 1. The van der Waals surface area contributed by atoms with Gasteiger partial charge in [-0.2, -0.15) is 0 Å². The first-order valence-corrected chi connectivity index (χ1v) is 8.11. The van der Waals surface area contributed by atoms with E-state index in [1.165, 1.54) is 0 Å². The van der Waals surface area contributed by atoms with Crippen LogP contribution >= 0.6 is 24.0 Å². The summed E-state index contributed by atoms with van der Waals surface area (Å²) < 4.78 is 11.0. The zero-order chi connectivity index (χ0) is 15.5. The molecule has 2 atom stereocenters. The van der Waals surface area contributed by atoms with E-state index < -0.39 is 0 Å². The van der Waals surface area contributed by atoms with Gasteiger partial charge in [0, 0.05) is 45.9 Å². The van der Waals surface area contributed by atoms with Crippen LogP contribution in [0.5, 0.6) is 0 Å². The minimum atomic E-state index is 0. The lowest BCUT2D eigenvalue weighted by Crippen LogP contribution is -2.46. The summed E-state index contributed by atoms with van der Waals surface area (Å²) in [6.45, 7) is 12.5. The first kappa shape index (κ1) is 21.9. The number of ether oxygens (including phenoxy) is 2. The summed E-state index contributed by atoms with van der Waals surface area (Å²) >= 11 is 0. The summed E-state index contributed by atoms with van der Waals surface area (Å²) in [5.41, 5.74) is 5.82. The van der Waals surface area contributed by atoms with Gasteiger partial charge in [-0.1, -0.05) is 0 Å². The van der Waals surface area contributed by atoms with Gasteiger partial charge in [0.25, 0.3) is 0 Å². The lowest BCUT2D eigenvalue weighted by molar-refractivity contribution is -0.0679. The van der Waals surface area contributed by atoms with Gasteiger partial charge in [0.15, 0.2) is 5.96 Å². The molecule has 0 aliphatic carbocycles. The van der Waals surface area contributed by atoms with Crippen LogP contribution in [0, 0.1) is 0 Å². The van der Waals surface area contributed by atoms with E-state index in [1.807, 2.05) is 6.92 Å². The molecule has 132 valence electrons. The van der Waals surface area contributed by atoms with Crippen LogP contribution in [0.25, 0.3) is 0 Å². The van der Waals surface area contributed by atoms with E-state index in [2.05, 4.69) is 29.1 Å². The molecule has 0 aromatic carbocycles. The molecular formula is C15H33IN4O2. The summed E-state index contributed by atoms with van der Waals surface area (Å²) in [6, 6.07) is 0. The summed E-state index contributed by atoms with van der Waals surface area (Å²) in [5, 5.41) is 3.16. The molecular weight excluding hydrogens is 395 g/mol. The molecule has 1 heterocycles. The third-order valence-electron chi connectivity index (χ3n) is 3.39. The highest BCUT2D eigenvalue weighted by atomic mass is 127. The van der Waals surface area contributed by atoms with Crippen LogP contribution in [0.2, 0.25) is 0 Å². The molecule has 0 bridgehead atoms. The molecule has 1 aliphatic rings. The van der Waals surface area contributed by atoms with Gasteiger partial charge in [-0.25, -0.2) is 0 Å². The number of halogens is 1. The van der Waals surface area contributed by atoms with Crippen molar-refractivity contribution in [3.63, 3.8) is 0 Å². The van der Waals surface area contributed by atoms with E-state index in [0.29, 0.717) is 18.2 Å². The maximum atomic E-state index is 5.82. The van der Waals surface area contributed by atoms with E-state index in [-0.39, 0.29) is 24.0 Å². The van der Waals surface area contributed by atoms with Crippen molar-refractivity contribution in [2.45, 2.75) is 45.8 Å². The van der Waals surface area contributed by atoms with Gasteiger partial charge in [-0.05, 0) is 33.6 Å². The van der Waals surface area contributed by atoms with E-state index in [4.69, 9.17) is 15.2 Å². The van der Waals surface area contributed by atoms with Gasteiger partial charge >= 0.3 is 0 Å². The van der Waals surface area contributed by atoms with Crippen molar-refractivity contribution in [2.75, 3.05) is 45.9 Å². The third-order valence-corrected chi connectivity index (χ3v) is 3.39. The second-order valence-electron chi connectivity index (χ2n) is 5.61. The Bertz CT molecular complexity index is 295. The monoisotopic (exact) mass is 428 g/mol. The molecule has 1 rings (SSSR count). The normalized spacial score (nSPS) is 23.1. The minimum Gasteiger partial charge on any atom is -0.382 e. The highest BCUT2D eigenvalue weighted by Gasteiger charge is 2.21. The Morgan fingerprint density at radius 3 is 2.64 bits per heavy atom.